The predicted octanol–water partition coefficient (Wildman–Crippen LogP) is 3.43. The maximum absolute atomic E-state index is 12.6. The SMILES string of the molecule is COc1cccc(C(=O)c2sc3nc(C)ccc3c2N)c1. The molecule has 3 aromatic rings. The number of nitrogens with zero attached hydrogens (tertiary/aromatic N) is 1. The van der Waals surface area contributed by atoms with Crippen LogP contribution in [0.5, 0.6) is 5.75 Å². The van der Waals surface area contributed by atoms with Gasteiger partial charge in [0.25, 0.3) is 0 Å². The quantitative estimate of drug-likeness (QED) is 0.752. The van der Waals surface area contributed by atoms with Crippen molar-refractivity contribution in [2.24, 2.45) is 0 Å². The standard InChI is InChI=1S/C16H14N2O2S/c1-9-6-7-12-13(17)15(21-16(12)18-9)14(19)10-4-3-5-11(8-10)20-2/h3-8H,17H2,1-2H3. The molecule has 2 N–H and O–H groups in total. The zero-order chi connectivity index (χ0) is 15.0. The van der Waals surface area contributed by atoms with E-state index in [1.807, 2.05) is 19.1 Å². The monoisotopic (exact) mass is 298 g/mol. The first-order valence-electron chi connectivity index (χ1n) is 6.44. The average Bonchev–Trinajstić information content (AvgIpc) is 2.83. The number of pyridine rings is 1. The summed E-state index contributed by atoms with van der Waals surface area (Å²) in [6.45, 7) is 1.92. The molecule has 0 unspecified atom stereocenters. The average molecular weight is 298 g/mol. The van der Waals surface area contributed by atoms with Gasteiger partial charge in [-0.05, 0) is 31.2 Å². The van der Waals surface area contributed by atoms with Gasteiger partial charge in [-0.3, -0.25) is 4.79 Å². The van der Waals surface area contributed by atoms with Crippen molar-refractivity contribution >= 4 is 33.0 Å². The first-order valence-corrected chi connectivity index (χ1v) is 7.26. The second-order valence-corrected chi connectivity index (χ2v) is 5.71. The highest BCUT2D eigenvalue weighted by molar-refractivity contribution is 7.21. The number of carbonyl (C=O) groups excluding carboxylic acids is 1. The molecule has 2 heterocycles. The Balaban J connectivity index is 2.11. The fourth-order valence-electron chi connectivity index (χ4n) is 2.15. The zero-order valence-corrected chi connectivity index (χ0v) is 12.5. The van der Waals surface area contributed by atoms with Gasteiger partial charge in [0.05, 0.1) is 12.8 Å². The fourth-order valence-corrected chi connectivity index (χ4v) is 3.26. The normalized spacial score (nSPS) is 10.8. The van der Waals surface area contributed by atoms with Gasteiger partial charge in [0.1, 0.15) is 15.5 Å². The van der Waals surface area contributed by atoms with Crippen LogP contribution in [0.2, 0.25) is 0 Å². The highest BCUT2D eigenvalue weighted by Crippen LogP contribution is 2.34. The number of aryl methyl sites for hydroxylation is 1. The third-order valence-corrected chi connectivity index (χ3v) is 4.39. The van der Waals surface area contributed by atoms with Crippen LogP contribution in [0.4, 0.5) is 5.69 Å². The third kappa shape index (κ3) is 2.36. The van der Waals surface area contributed by atoms with E-state index in [1.165, 1.54) is 11.3 Å². The summed E-state index contributed by atoms with van der Waals surface area (Å²) in [5.74, 6) is 0.543. The van der Waals surface area contributed by atoms with Crippen molar-refractivity contribution in [3.63, 3.8) is 0 Å². The molecule has 21 heavy (non-hydrogen) atoms. The van der Waals surface area contributed by atoms with Gasteiger partial charge < -0.3 is 10.5 Å². The first kappa shape index (κ1) is 13.6. The number of rotatable bonds is 3. The first-order chi connectivity index (χ1) is 10.1. The molecule has 106 valence electrons. The van der Waals surface area contributed by atoms with Gasteiger partial charge in [-0.15, -0.1) is 11.3 Å². The predicted molar refractivity (Wildman–Crippen MR) is 85.2 cm³/mol. The van der Waals surface area contributed by atoms with Gasteiger partial charge in [0.15, 0.2) is 0 Å². The second kappa shape index (κ2) is 5.18. The molecule has 0 aliphatic heterocycles. The smallest absolute Gasteiger partial charge is 0.205 e. The summed E-state index contributed by atoms with van der Waals surface area (Å²) < 4.78 is 5.15. The van der Waals surface area contributed by atoms with Crippen molar-refractivity contribution in [1.29, 1.82) is 0 Å². The number of hydrogen-bond acceptors (Lipinski definition) is 5. The van der Waals surface area contributed by atoms with E-state index in [2.05, 4.69) is 4.98 Å². The lowest BCUT2D eigenvalue weighted by molar-refractivity contribution is 0.104. The number of nitrogens with two attached hydrogens (primary N) is 1. The Kier molecular flexibility index (Phi) is 3.35. The molecule has 4 nitrogen and oxygen atoms in total. The van der Waals surface area contributed by atoms with Crippen LogP contribution < -0.4 is 10.5 Å². The largest absolute Gasteiger partial charge is 0.497 e. The number of anilines is 1. The van der Waals surface area contributed by atoms with Crippen molar-refractivity contribution < 1.29 is 9.53 Å². The highest BCUT2D eigenvalue weighted by atomic mass is 32.1. The van der Waals surface area contributed by atoms with Gasteiger partial charge >= 0.3 is 0 Å². The Morgan fingerprint density at radius 3 is 2.86 bits per heavy atom. The summed E-state index contributed by atoms with van der Waals surface area (Å²) in [4.78, 5) is 18.4. The summed E-state index contributed by atoms with van der Waals surface area (Å²) in [5.41, 5.74) is 8.08. The van der Waals surface area contributed by atoms with E-state index < -0.39 is 0 Å². The maximum Gasteiger partial charge on any atom is 0.205 e. The van der Waals surface area contributed by atoms with E-state index in [4.69, 9.17) is 10.5 Å². The number of ketones is 1. The van der Waals surface area contributed by atoms with E-state index in [-0.39, 0.29) is 5.78 Å². The molecule has 5 heteroatoms. The molecule has 3 rings (SSSR count). The minimum Gasteiger partial charge on any atom is -0.497 e. The molecule has 0 radical (unpaired) electrons. The summed E-state index contributed by atoms with van der Waals surface area (Å²) in [6.07, 6.45) is 0. The summed E-state index contributed by atoms with van der Waals surface area (Å²) in [5, 5.41) is 0.830. The van der Waals surface area contributed by atoms with E-state index >= 15 is 0 Å². The number of benzene rings is 1. The third-order valence-electron chi connectivity index (χ3n) is 3.27. The van der Waals surface area contributed by atoms with Crippen LogP contribution in [0.3, 0.4) is 0 Å². The van der Waals surface area contributed by atoms with E-state index in [1.54, 1.807) is 31.4 Å². The number of nitrogen functional groups attached to an aromatic ring is 1. The minimum atomic E-state index is -0.105. The van der Waals surface area contributed by atoms with Crippen molar-refractivity contribution in [3.8, 4) is 5.75 Å². The van der Waals surface area contributed by atoms with Crippen molar-refractivity contribution in [1.82, 2.24) is 4.98 Å². The number of methoxy groups -OCH3 is 1. The molecule has 0 aliphatic rings. The topological polar surface area (TPSA) is 65.2 Å². The Morgan fingerprint density at radius 2 is 2.10 bits per heavy atom. The highest BCUT2D eigenvalue weighted by Gasteiger charge is 2.19. The lowest BCUT2D eigenvalue weighted by atomic mass is 10.1. The Hall–Kier alpha value is -2.40. The zero-order valence-electron chi connectivity index (χ0n) is 11.7. The molecular formula is C16H14N2O2S. The number of aromatic nitrogens is 1. The van der Waals surface area contributed by atoms with Gasteiger partial charge in [-0.1, -0.05) is 12.1 Å². The van der Waals surface area contributed by atoms with Crippen LogP contribution in [0.15, 0.2) is 36.4 Å². The molecule has 0 bridgehead atoms. The molecule has 1 aromatic carbocycles. The minimum absolute atomic E-state index is 0.105. The van der Waals surface area contributed by atoms with Crippen LogP contribution in [-0.4, -0.2) is 17.9 Å². The maximum atomic E-state index is 12.6. The molecule has 0 saturated heterocycles. The molecule has 0 fully saturated rings. The van der Waals surface area contributed by atoms with Gasteiger partial charge in [-0.2, -0.15) is 0 Å². The number of ether oxygens (including phenoxy) is 1. The molecule has 0 aliphatic carbocycles. The molecule has 2 aromatic heterocycles. The molecular weight excluding hydrogens is 284 g/mol. The molecule has 0 atom stereocenters. The number of hydrogen-bond donors (Lipinski definition) is 1. The van der Waals surface area contributed by atoms with Crippen molar-refractivity contribution in [2.45, 2.75) is 6.92 Å². The number of thiophene rings is 1. The Bertz CT molecular complexity index is 839. The summed E-state index contributed by atoms with van der Waals surface area (Å²) in [6, 6.07) is 10.9. The van der Waals surface area contributed by atoms with Gasteiger partial charge in [0.2, 0.25) is 5.78 Å². The number of fused-ring (bicyclic) bond motifs is 1. The van der Waals surface area contributed by atoms with Crippen LogP contribution in [-0.2, 0) is 0 Å². The molecule has 0 amide bonds. The molecule has 0 saturated carbocycles. The number of carbonyl (C=O) groups is 1. The summed E-state index contributed by atoms with van der Waals surface area (Å²) in [7, 11) is 1.57. The Morgan fingerprint density at radius 1 is 1.29 bits per heavy atom. The Labute approximate surface area is 126 Å². The van der Waals surface area contributed by atoms with Crippen LogP contribution in [0, 0.1) is 6.92 Å². The molecule has 0 spiro atoms. The van der Waals surface area contributed by atoms with Crippen LogP contribution in [0.1, 0.15) is 20.9 Å². The van der Waals surface area contributed by atoms with E-state index in [0.29, 0.717) is 21.9 Å². The van der Waals surface area contributed by atoms with Crippen LogP contribution >= 0.6 is 11.3 Å². The van der Waals surface area contributed by atoms with Gasteiger partial charge in [-0.25, -0.2) is 4.98 Å². The van der Waals surface area contributed by atoms with Gasteiger partial charge in [0, 0.05) is 16.6 Å². The van der Waals surface area contributed by atoms with E-state index in [9.17, 15) is 4.79 Å². The lowest BCUT2D eigenvalue weighted by Crippen LogP contribution is -2.02. The second-order valence-electron chi connectivity index (χ2n) is 4.71. The fraction of sp³-hybridized carbons (Fsp3) is 0.125. The lowest BCUT2D eigenvalue weighted by Gasteiger charge is -2.03. The van der Waals surface area contributed by atoms with Crippen LogP contribution in [0.25, 0.3) is 10.2 Å². The van der Waals surface area contributed by atoms with E-state index in [0.717, 1.165) is 15.9 Å². The van der Waals surface area contributed by atoms with Crippen molar-refractivity contribution in [2.75, 3.05) is 12.8 Å². The van der Waals surface area contributed by atoms with Crippen molar-refractivity contribution in [3.05, 3.63) is 52.5 Å². The summed E-state index contributed by atoms with van der Waals surface area (Å²) >= 11 is 1.33.